The fourth-order valence-electron chi connectivity index (χ4n) is 2.59. The van der Waals surface area contributed by atoms with Crippen LogP contribution in [0.4, 0.5) is 0 Å². The average Bonchev–Trinajstić information content (AvgIpc) is 2.62. The highest BCUT2D eigenvalue weighted by Gasteiger charge is 2.34. The first-order valence-electron chi connectivity index (χ1n) is 6.63. The molecule has 3 nitrogen and oxygen atoms in total. The van der Waals surface area contributed by atoms with Crippen molar-refractivity contribution in [3.05, 3.63) is 18.2 Å². The lowest BCUT2D eigenvalue weighted by molar-refractivity contribution is -0.0155. The molecule has 1 aromatic heterocycles. The molecule has 98 valence electrons. The third-order valence-electron chi connectivity index (χ3n) is 2.96. The van der Waals surface area contributed by atoms with E-state index >= 15 is 0 Å². The maximum atomic E-state index is 10.9. The van der Waals surface area contributed by atoms with E-state index < -0.39 is 5.60 Å². The number of hydrogen-bond donors (Lipinski definition) is 1. The second-order valence-electron chi connectivity index (χ2n) is 5.76. The highest BCUT2D eigenvalue weighted by Crippen LogP contribution is 2.33. The van der Waals surface area contributed by atoms with E-state index in [-0.39, 0.29) is 0 Å². The molecule has 0 saturated heterocycles. The summed E-state index contributed by atoms with van der Waals surface area (Å²) >= 11 is 0. The van der Waals surface area contributed by atoms with Gasteiger partial charge in [0.15, 0.2) is 0 Å². The van der Waals surface area contributed by atoms with Crippen LogP contribution in [0.1, 0.15) is 53.3 Å². The van der Waals surface area contributed by atoms with Gasteiger partial charge in [0, 0.05) is 18.9 Å². The fourth-order valence-corrected chi connectivity index (χ4v) is 2.59. The summed E-state index contributed by atoms with van der Waals surface area (Å²) in [7, 11) is 0. The topological polar surface area (TPSA) is 38.0 Å². The molecule has 17 heavy (non-hydrogen) atoms. The lowest BCUT2D eigenvalue weighted by atomic mass is 9.84. The van der Waals surface area contributed by atoms with E-state index in [1.807, 2.05) is 10.8 Å². The molecule has 0 atom stereocenters. The molecule has 1 N–H and O–H groups in total. The van der Waals surface area contributed by atoms with Crippen LogP contribution in [0.2, 0.25) is 0 Å². The third kappa shape index (κ3) is 3.56. The number of nitrogens with zero attached hydrogens (tertiary/aromatic N) is 2. The van der Waals surface area contributed by atoms with Gasteiger partial charge < -0.3 is 9.67 Å². The van der Waals surface area contributed by atoms with Crippen LogP contribution < -0.4 is 0 Å². The van der Waals surface area contributed by atoms with Crippen molar-refractivity contribution in [3.8, 4) is 0 Å². The minimum absolute atomic E-state index is 0.459. The normalized spacial score (nSPS) is 12.7. The van der Waals surface area contributed by atoms with Gasteiger partial charge in [0.25, 0.3) is 0 Å². The lowest BCUT2D eigenvalue weighted by Crippen LogP contribution is -2.33. The van der Waals surface area contributed by atoms with Crippen molar-refractivity contribution in [2.24, 2.45) is 11.8 Å². The summed E-state index contributed by atoms with van der Waals surface area (Å²) in [5.41, 5.74) is -0.790. The summed E-state index contributed by atoms with van der Waals surface area (Å²) in [4.78, 5) is 4.38. The Hall–Kier alpha value is -0.830. The van der Waals surface area contributed by atoms with Crippen LogP contribution in [0.5, 0.6) is 0 Å². The molecule has 0 bridgehead atoms. The molecule has 0 aliphatic rings. The molecule has 0 aliphatic heterocycles. The average molecular weight is 238 g/mol. The van der Waals surface area contributed by atoms with E-state index in [9.17, 15) is 5.11 Å². The minimum atomic E-state index is -0.790. The summed E-state index contributed by atoms with van der Waals surface area (Å²) in [5, 5.41) is 10.9. The monoisotopic (exact) mass is 238 g/mol. The van der Waals surface area contributed by atoms with Gasteiger partial charge in [-0.3, -0.25) is 0 Å². The second-order valence-corrected chi connectivity index (χ2v) is 5.76. The molecule has 3 heteroatoms. The highest BCUT2D eigenvalue weighted by atomic mass is 16.3. The number of rotatable bonds is 6. The summed E-state index contributed by atoms with van der Waals surface area (Å²) in [5.74, 6) is 1.74. The largest absolute Gasteiger partial charge is 0.382 e. The predicted molar refractivity (Wildman–Crippen MR) is 70.7 cm³/mol. The third-order valence-corrected chi connectivity index (χ3v) is 2.96. The van der Waals surface area contributed by atoms with E-state index in [0.29, 0.717) is 11.8 Å². The molecule has 1 aromatic rings. The molecule has 0 unspecified atom stereocenters. The molecular weight excluding hydrogens is 212 g/mol. The SMILES string of the molecule is CCn1ccnc1C(O)(CC(C)C)CC(C)C. The highest BCUT2D eigenvalue weighted by molar-refractivity contribution is 5.05. The molecular formula is C14H26N2O. The van der Waals surface area contributed by atoms with Crippen molar-refractivity contribution in [1.82, 2.24) is 9.55 Å². The predicted octanol–water partition coefficient (Wildman–Crippen LogP) is 3.18. The Morgan fingerprint density at radius 2 is 1.76 bits per heavy atom. The van der Waals surface area contributed by atoms with Crippen molar-refractivity contribution in [2.75, 3.05) is 0 Å². The fraction of sp³-hybridized carbons (Fsp3) is 0.786. The molecule has 0 aromatic carbocycles. The first-order valence-corrected chi connectivity index (χ1v) is 6.63. The Bertz CT molecular complexity index is 332. The van der Waals surface area contributed by atoms with Gasteiger partial charge >= 0.3 is 0 Å². The number of hydrogen-bond acceptors (Lipinski definition) is 2. The van der Waals surface area contributed by atoms with Crippen LogP contribution in [0, 0.1) is 11.8 Å². The molecule has 0 amide bonds. The standard InChI is InChI=1S/C14H26N2O/c1-6-16-8-7-15-13(16)14(17,9-11(2)3)10-12(4)5/h7-8,11-12,17H,6,9-10H2,1-5H3. The van der Waals surface area contributed by atoms with E-state index in [1.165, 1.54) is 0 Å². The van der Waals surface area contributed by atoms with Crippen molar-refractivity contribution < 1.29 is 5.11 Å². The number of aryl methyl sites for hydroxylation is 1. The van der Waals surface area contributed by atoms with E-state index in [4.69, 9.17) is 0 Å². The summed E-state index contributed by atoms with van der Waals surface area (Å²) < 4.78 is 2.05. The van der Waals surface area contributed by atoms with Gasteiger partial charge in [-0.05, 0) is 31.6 Å². The van der Waals surface area contributed by atoms with Crippen LogP contribution in [0.15, 0.2) is 12.4 Å². The Balaban J connectivity index is 3.04. The van der Waals surface area contributed by atoms with Crippen LogP contribution in [0.25, 0.3) is 0 Å². The van der Waals surface area contributed by atoms with Crippen molar-refractivity contribution >= 4 is 0 Å². The van der Waals surface area contributed by atoms with Crippen LogP contribution >= 0.6 is 0 Å². The van der Waals surface area contributed by atoms with Gasteiger partial charge in [-0.2, -0.15) is 0 Å². The van der Waals surface area contributed by atoms with Gasteiger partial charge in [-0.25, -0.2) is 4.98 Å². The molecule has 0 aliphatic carbocycles. The first kappa shape index (κ1) is 14.2. The minimum Gasteiger partial charge on any atom is -0.382 e. The smallest absolute Gasteiger partial charge is 0.140 e. The van der Waals surface area contributed by atoms with Crippen LogP contribution in [0.3, 0.4) is 0 Å². The maximum Gasteiger partial charge on any atom is 0.140 e. The van der Waals surface area contributed by atoms with Gasteiger partial charge in [-0.1, -0.05) is 27.7 Å². The summed E-state index contributed by atoms with van der Waals surface area (Å²) in [6.07, 6.45) is 5.26. The molecule has 1 rings (SSSR count). The summed E-state index contributed by atoms with van der Waals surface area (Å²) in [6, 6.07) is 0. The van der Waals surface area contributed by atoms with E-state index in [2.05, 4.69) is 39.6 Å². The second kappa shape index (κ2) is 5.67. The quantitative estimate of drug-likeness (QED) is 0.826. The zero-order chi connectivity index (χ0) is 13.1. The molecule has 0 spiro atoms. The molecule has 1 heterocycles. The Kier molecular flexibility index (Phi) is 4.75. The Labute approximate surface area is 105 Å². The van der Waals surface area contributed by atoms with E-state index in [0.717, 1.165) is 25.2 Å². The zero-order valence-electron chi connectivity index (χ0n) is 11.8. The summed E-state index contributed by atoms with van der Waals surface area (Å²) in [6.45, 7) is 11.5. The van der Waals surface area contributed by atoms with Gasteiger partial charge in [0.05, 0.1) is 0 Å². The van der Waals surface area contributed by atoms with Crippen molar-refractivity contribution in [2.45, 2.75) is 59.6 Å². The van der Waals surface area contributed by atoms with E-state index in [1.54, 1.807) is 6.20 Å². The maximum absolute atomic E-state index is 10.9. The van der Waals surface area contributed by atoms with Gasteiger partial charge in [0.1, 0.15) is 11.4 Å². The number of imidazole rings is 1. The van der Waals surface area contributed by atoms with Crippen molar-refractivity contribution in [1.29, 1.82) is 0 Å². The molecule has 0 saturated carbocycles. The molecule has 0 radical (unpaired) electrons. The number of aromatic nitrogens is 2. The van der Waals surface area contributed by atoms with Crippen LogP contribution in [-0.4, -0.2) is 14.7 Å². The van der Waals surface area contributed by atoms with Crippen molar-refractivity contribution in [3.63, 3.8) is 0 Å². The molecule has 0 fully saturated rings. The first-order chi connectivity index (χ1) is 7.89. The zero-order valence-corrected chi connectivity index (χ0v) is 11.8. The Morgan fingerprint density at radius 1 is 1.24 bits per heavy atom. The van der Waals surface area contributed by atoms with Gasteiger partial charge in [-0.15, -0.1) is 0 Å². The van der Waals surface area contributed by atoms with Crippen LogP contribution in [-0.2, 0) is 12.1 Å². The van der Waals surface area contributed by atoms with Gasteiger partial charge in [0.2, 0.25) is 0 Å². The Morgan fingerprint density at radius 3 is 2.18 bits per heavy atom. The number of aliphatic hydroxyl groups is 1. The lowest BCUT2D eigenvalue weighted by Gasteiger charge is -2.31.